The Kier molecular flexibility index (Phi) is 5.64. The van der Waals surface area contributed by atoms with Gasteiger partial charge in [-0.2, -0.15) is 0 Å². The molecule has 1 atom stereocenters. The lowest BCUT2D eigenvalue weighted by Crippen LogP contribution is -2.48. The van der Waals surface area contributed by atoms with E-state index in [1.54, 1.807) is 7.05 Å². The lowest BCUT2D eigenvalue weighted by molar-refractivity contribution is 0.0485. The van der Waals surface area contributed by atoms with Crippen molar-refractivity contribution in [3.05, 3.63) is 23.1 Å². The minimum Gasteiger partial charge on any atom is -0.440 e. The standard InChI is InChI=1S/C14H22ClN3O3/c1-16-5-7-18(8-6-16)10-11(19)9-17(2)14(20)12-3-4-13(15)21-12/h3-4,11,19H,5-10H2,1-2H3. The van der Waals surface area contributed by atoms with E-state index in [4.69, 9.17) is 16.0 Å². The largest absolute Gasteiger partial charge is 0.440 e. The molecular formula is C14H22ClN3O3. The molecule has 1 fully saturated rings. The van der Waals surface area contributed by atoms with E-state index in [1.807, 2.05) is 0 Å². The van der Waals surface area contributed by atoms with Crippen LogP contribution in [0.1, 0.15) is 10.6 Å². The van der Waals surface area contributed by atoms with Gasteiger partial charge >= 0.3 is 0 Å². The molecule has 118 valence electrons. The number of halogens is 1. The molecule has 0 saturated carbocycles. The van der Waals surface area contributed by atoms with Crippen molar-refractivity contribution in [1.29, 1.82) is 0 Å². The van der Waals surface area contributed by atoms with Gasteiger partial charge in [0.2, 0.25) is 0 Å². The van der Waals surface area contributed by atoms with Crippen molar-refractivity contribution in [2.75, 3.05) is 53.4 Å². The molecule has 1 amide bonds. The number of furan rings is 1. The van der Waals surface area contributed by atoms with E-state index in [0.29, 0.717) is 6.54 Å². The zero-order valence-corrected chi connectivity index (χ0v) is 13.2. The van der Waals surface area contributed by atoms with E-state index in [0.717, 1.165) is 26.2 Å². The van der Waals surface area contributed by atoms with Crippen molar-refractivity contribution in [3.8, 4) is 0 Å². The van der Waals surface area contributed by atoms with Gasteiger partial charge in [0.05, 0.1) is 6.10 Å². The van der Waals surface area contributed by atoms with E-state index in [1.165, 1.54) is 17.0 Å². The van der Waals surface area contributed by atoms with Crippen LogP contribution in [0.4, 0.5) is 0 Å². The van der Waals surface area contributed by atoms with Gasteiger partial charge in [-0.05, 0) is 30.8 Å². The van der Waals surface area contributed by atoms with Gasteiger partial charge in [0.1, 0.15) is 0 Å². The number of carbonyl (C=O) groups excluding carboxylic acids is 1. The van der Waals surface area contributed by atoms with Crippen LogP contribution in [0.3, 0.4) is 0 Å². The average Bonchev–Trinajstić information content (AvgIpc) is 2.87. The second-order valence-corrected chi connectivity index (χ2v) is 5.92. The molecule has 0 radical (unpaired) electrons. The third-order valence-electron chi connectivity index (χ3n) is 3.68. The Morgan fingerprint density at radius 1 is 1.43 bits per heavy atom. The average molecular weight is 316 g/mol. The Balaban J connectivity index is 1.79. The number of hydrogen-bond donors (Lipinski definition) is 1. The number of piperazine rings is 1. The summed E-state index contributed by atoms with van der Waals surface area (Å²) in [4.78, 5) is 18.0. The molecule has 0 bridgehead atoms. The summed E-state index contributed by atoms with van der Waals surface area (Å²) >= 11 is 5.66. The number of hydrogen-bond acceptors (Lipinski definition) is 5. The highest BCUT2D eigenvalue weighted by Crippen LogP contribution is 2.14. The molecule has 1 aromatic rings. The molecule has 1 N–H and O–H groups in total. The molecule has 1 saturated heterocycles. The summed E-state index contributed by atoms with van der Waals surface area (Å²) < 4.78 is 5.09. The summed E-state index contributed by atoms with van der Waals surface area (Å²) in [6.07, 6.45) is -0.576. The maximum absolute atomic E-state index is 12.1. The fraction of sp³-hybridized carbons (Fsp3) is 0.643. The highest BCUT2D eigenvalue weighted by Gasteiger charge is 2.21. The number of likely N-dealkylation sites (N-methyl/N-ethyl adjacent to an activating group) is 2. The number of nitrogens with zero attached hydrogens (tertiary/aromatic N) is 3. The molecule has 0 aromatic carbocycles. The van der Waals surface area contributed by atoms with Crippen molar-refractivity contribution in [1.82, 2.24) is 14.7 Å². The number of aliphatic hydroxyl groups excluding tert-OH is 1. The quantitative estimate of drug-likeness (QED) is 0.863. The Morgan fingerprint density at radius 2 is 2.10 bits per heavy atom. The summed E-state index contributed by atoms with van der Waals surface area (Å²) in [6, 6.07) is 3.07. The lowest BCUT2D eigenvalue weighted by Gasteiger charge is -2.34. The zero-order valence-electron chi connectivity index (χ0n) is 12.5. The summed E-state index contributed by atoms with van der Waals surface area (Å²) in [6.45, 7) is 4.74. The molecule has 1 unspecified atom stereocenters. The highest BCUT2D eigenvalue weighted by atomic mass is 35.5. The van der Waals surface area contributed by atoms with E-state index < -0.39 is 6.10 Å². The molecular weight excluding hydrogens is 294 g/mol. The predicted molar refractivity (Wildman–Crippen MR) is 80.6 cm³/mol. The van der Waals surface area contributed by atoms with Crippen LogP contribution in [0, 0.1) is 0 Å². The SMILES string of the molecule is CN1CCN(CC(O)CN(C)C(=O)c2ccc(Cl)o2)CC1. The molecule has 1 aromatic heterocycles. The maximum atomic E-state index is 12.1. The normalized spacial score (nSPS) is 18.7. The minimum absolute atomic E-state index is 0.185. The van der Waals surface area contributed by atoms with Crippen LogP contribution in [0.25, 0.3) is 0 Å². The molecule has 0 aliphatic carbocycles. The first-order chi connectivity index (χ1) is 9.95. The smallest absolute Gasteiger partial charge is 0.289 e. The van der Waals surface area contributed by atoms with Gasteiger partial charge in [-0.15, -0.1) is 0 Å². The van der Waals surface area contributed by atoms with Gasteiger partial charge < -0.3 is 19.3 Å². The monoisotopic (exact) mass is 315 g/mol. The highest BCUT2D eigenvalue weighted by molar-refractivity contribution is 6.29. The Bertz CT molecular complexity index is 472. The number of amides is 1. The first kappa shape index (κ1) is 16.3. The second kappa shape index (κ2) is 7.26. The van der Waals surface area contributed by atoms with Gasteiger partial charge in [0.15, 0.2) is 11.0 Å². The fourth-order valence-electron chi connectivity index (χ4n) is 2.40. The van der Waals surface area contributed by atoms with Gasteiger partial charge in [0.25, 0.3) is 5.91 Å². The summed E-state index contributed by atoms with van der Waals surface area (Å²) in [5.74, 6) is -0.0892. The maximum Gasteiger partial charge on any atom is 0.289 e. The van der Waals surface area contributed by atoms with Crippen molar-refractivity contribution < 1.29 is 14.3 Å². The minimum atomic E-state index is -0.576. The number of aliphatic hydroxyl groups is 1. The van der Waals surface area contributed by atoms with Crippen LogP contribution >= 0.6 is 11.6 Å². The fourth-order valence-corrected chi connectivity index (χ4v) is 2.55. The van der Waals surface area contributed by atoms with Crippen molar-refractivity contribution in [2.45, 2.75) is 6.10 Å². The third-order valence-corrected chi connectivity index (χ3v) is 3.88. The topological polar surface area (TPSA) is 60.2 Å². The van der Waals surface area contributed by atoms with Crippen molar-refractivity contribution in [2.24, 2.45) is 0 Å². The Morgan fingerprint density at radius 3 is 2.67 bits per heavy atom. The van der Waals surface area contributed by atoms with Gasteiger partial charge in [-0.1, -0.05) is 0 Å². The molecule has 7 heteroatoms. The first-order valence-electron chi connectivity index (χ1n) is 7.05. The van der Waals surface area contributed by atoms with Crippen molar-refractivity contribution >= 4 is 17.5 Å². The number of rotatable bonds is 5. The molecule has 1 aliphatic rings. The summed E-state index contributed by atoms with van der Waals surface area (Å²) in [5, 5.41) is 10.3. The lowest BCUT2D eigenvalue weighted by atomic mass is 10.2. The number of carbonyl (C=O) groups is 1. The predicted octanol–water partition coefficient (Wildman–Crippen LogP) is 0.613. The van der Waals surface area contributed by atoms with Gasteiger partial charge in [0, 0.05) is 46.3 Å². The Labute approximate surface area is 129 Å². The third kappa shape index (κ3) is 4.71. The van der Waals surface area contributed by atoms with Crippen LogP contribution in [-0.2, 0) is 0 Å². The van der Waals surface area contributed by atoms with Crippen LogP contribution < -0.4 is 0 Å². The molecule has 6 nitrogen and oxygen atoms in total. The zero-order chi connectivity index (χ0) is 15.4. The summed E-state index contributed by atoms with van der Waals surface area (Å²) in [5.41, 5.74) is 0. The first-order valence-corrected chi connectivity index (χ1v) is 7.43. The van der Waals surface area contributed by atoms with E-state index in [2.05, 4.69) is 16.8 Å². The van der Waals surface area contributed by atoms with E-state index in [9.17, 15) is 9.90 Å². The van der Waals surface area contributed by atoms with Crippen molar-refractivity contribution in [3.63, 3.8) is 0 Å². The molecule has 0 spiro atoms. The molecule has 2 heterocycles. The van der Waals surface area contributed by atoms with Crippen LogP contribution in [0.2, 0.25) is 5.22 Å². The van der Waals surface area contributed by atoms with Gasteiger partial charge in [-0.3, -0.25) is 9.69 Å². The number of β-amino-alcohol motifs (C(OH)–C–C–N with tert-alkyl or cyclic N) is 1. The molecule has 2 rings (SSSR count). The van der Waals surface area contributed by atoms with Gasteiger partial charge in [-0.25, -0.2) is 0 Å². The van der Waals surface area contributed by atoms with Crippen LogP contribution in [0.5, 0.6) is 0 Å². The molecule has 21 heavy (non-hydrogen) atoms. The summed E-state index contributed by atoms with van der Waals surface area (Å²) in [7, 11) is 3.74. The van der Waals surface area contributed by atoms with E-state index in [-0.39, 0.29) is 23.4 Å². The van der Waals surface area contributed by atoms with Crippen LogP contribution in [-0.4, -0.2) is 85.2 Å². The Hall–Kier alpha value is -1.08. The van der Waals surface area contributed by atoms with Crippen LogP contribution in [0.15, 0.2) is 16.5 Å². The van der Waals surface area contributed by atoms with E-state index >= 15 is 0 Å². The molecule has 1 aliphatic heterocycles. The second-order valence-electron chi connectivity index (χ2n) is 5.55.